The number of rotatable bonds is 5. The standard InChI is InChI=1S/C10H11F2N5O/c1-10(11,12)8-2-3-13-9(15-8)18-7-6-17-5-4-14-16-17/h2-5H,6-7H2,1H3. The van der Waals surface area contributed by atoms with Gasteiger partial charge < -0.3 is 4.74 Å². The molecule has 0 radical (unpaired) electrons. The minimum Gasteiger partial charge on any atom is -0.461 e. The largest absolute Gasteiger partial charge is 0.461 e. The molecule has 0 aliphatic heterocycles. The average molecular weight is 255 g/mol. The third kappa shape index (κ3) is 3.19. The van der Waals surface area contributed by atoms with Gasteiger partial charge in [0, 0.05) is 19.3 Å². The molecule has 0 aliphatic carbocycles. The Morgan fingerprint density at radius 1 is 1.39 bits per heavy atom. The van der Waals surface area contributed by atoms with Crippen molar-refractivity contribution in [1.82, 2.24) is 25.0 Å². The van der Waals surface area contributed by atoms with Crippen LogP contribution in [-0.4, -0.2) is 31.6 Å². The van der Waals surface area contributed by atoms with E-state index < -0.39 is 5.92 Å². The van der Waals surface area contributed by atoms with Crippen LogP contribution in [0.3, 0.4) is 0 Å². The highest BCUT2D eigenvalue weighted by atomic mass is 19.3. The van der Waals surface area contributed by atoms with Crippen LogP contribution in [0.1, 0.15) is 12.6 Å². The Hall–Kier alpha value is -2.12. The van der Waals surface area contributed by atoms with Crippen LogP contribution in [-0.2, 0) is 12.5 Å². The molecular formula is C10H11F2N5O. The lowest BCUT2D eigenvalue weighted by atomic mass is 10.3. The summed E-state index contributed by atoms with van der Waals surface area (Å²) in [6.45, 7) is 1.44. The van der Waals surface area contributed by atoms with Gasteiger partial charge in [-0.3, -0.25) is 0 Å². The van der Waals surface area contributed by atoms with Crippen LogP contribution in [0.25, 0.3) is 0 Å². The summed E-state index contributed by atoms with van der Waals surface area (Å²) in [5.74, 6) is -3.01. The summed E-state index contributed by atoms with van der Waals surface area (Å²) in [6, 6.07) is 1.08. The summed E-state index contributed by atoms with van der Waals surface area (Å²) in [5, 5.41) is 7.35. The monoisotopic (exact) mass is 255 g/mol. The van der Waals surface area contributed by atoms with Crippen LogP contribution in [0.15, 0.2) is 24.7 Å². The van der Waals surface area contributed by atoms with Gasteiger partial charge in [-0.25, -0.2) is 9.67 Å². The molecule has 0 bridgehead atoms. The maximum Gasteiger partial charge on any atom is 0.316 e. The summed E-state index contributed by atoms with van der Waals surface area (Å²) in [4.78, 5) is 7.39. The molecule has 8 heteroatoms. The van der Waals surface area contributed by atoms with Gasteiger partial charge in [-0.1, -0.05) is 5.21 Å². The number of aromatic nitrogens is 5. The molecule has 2 aromatic heterocycles. The van der Waals surface area contributed by atoms with Gasteiger partial charge in [-0.2, -0.15) is 13.8 Å². The lowest BCUT2D eigenvalue weighted by Gasteiger charge is -2.10. The predicted octanol–water partition coefficient (Wildman–Crippen LogP) is 1.26. The topological polar surface area (TPSA) is 65.7 Å². The molecule has 18 heavy (non-hydrogen) atoms. The highest BCUT2D eigenvalue weighted by molar-refractivity contribution is 5.10. The molecule has 0 aromatic carbocycles. The second kappa shape index (κ2) is 5.03. The van der Waals surface area contributed by atoms with E-state index in [1.165, 1.54) is 12.4 Å². The van der Waals surface area contributed by atoms with Gasteiger partial charge in [0.15, 0.2) is 0 Å². The van der Waals surface area contributed by atoms with Crippen molar-refractivity contribution in [3.05, 3.63) is 30.4 Å². The molecule has 0 saturated heterocycles. The zero-order chi connectivity index (χ0) is 13.0. The first-order chi connectivity index (χ1) is 8.55. The van der Waals surface area contributed by atoms with Crippen LogP contribution in [0.5, 0.6) is 6.01 Å². The van der Waals surface area contributed by atoms with Crippen molar-refractivity contribution in [1.29, 1.82) is 0 Å². The number of hydrogen-bond donors (Lipinski definition) is 0. The lowest BCUT2D eigenvalue weighted by Crippen LogP contribution is -2.13. The SMILES string of the molecule is CC(F)(F)c1ccnc(OCCn2ccnn2)n1. The smallest absolute Gasteiger partial charge is 0.316 e. The van der Waals surface area contributed by atoms with E-state index >= 15 is 0 Å². The van der Waals surface area contributed by atoms with Crippen LogP contribution in [0.4, 0.5) is 8.78 Å². The Morgan fingerprint density at radius 2 is 2.22 bits per heavy atom. The number of halogens is 2. The van der Waals surface area contributed by atoms with Crippen molar-refractivity contribution < 1.29 is 13.5 Å². The third-order valence-corrected chi connectivity index (χ3v) is 2.11. The Labute approximate surface area is 102 Å². The molecule has 2 rings (SSSR count). The maximum absolute atomic E-state index is 13.0. The quantitative estimate of drug-likeness (QED) is 0.804. The van der Waals surface area contributed by atoms with Gasteiger partial charge in [0.1, 0.15) is 12.3 Å². The number of alkyl halides is 2. The second-order valence-corrected chi connectivity index (χ2v) is 3.63. The van der Waals surface area contributed by atoms with Crippen molar-refractivity contribution >= 4 is 0 Å². The van der Waals surface area contributed by atoms with Gasteiger partial charge in [-0.15, -0.1) is 5.10 Å². The molecule has 0 saturated carbocycles. The molecule has 2 heterocycles. The van der Waals surface area contributed by atoms with Crippen molar-refractivity contribution in [3.8, 4) is 6.01 Å². The Bertz CT molecular complexity index is 497. The summed E-state index contributed by atoms with van der Waals surface area (Å²) in [7, 11) is 0. The predicted molar refractivity (Wildman–Crippen MR) is 57.1 cm³/mol. The summed E-state index contributed by atoms with van der Waals surface area (Å²) < 4.78 is 32.7. The number of nitrogens with zero attached hydrogens (tertiary/aromatic N) is 5. The Morgan fingerprint density at radius 3 is 2.89 bits per heavy atom. The molecular weight excluding hydrogens is 244 g/mol. The minimum absolute atomic E-state index is 0.0749. The lowest BCUT2D eigenvalue weighted by molar-refractivity contribution is 0.0118. The molecule has 0 unspecified atom stereocenters. The van der Waals surface area contributed by atoms with Crippen molar-refractivity contribution in [2.45, 2.75) is 19.4 Å². The van der Waals surface area contributed by atoms with Gasteiger partial charge in [-0.05, 0) is 6.07 Å². The third-order valence-electron chi connectivity index (χ3n) is 2.11. The van der Waals surface area contributed by atoms with E-state index in [4.69, 9.17) is 4.74 Å². The molecule has 2 aromatic rings. The van der Waals surface area contributed by atoms with E-state index in [9.17, 15) is 8.78 Å². The molecule has 0 fully saturated rings. The number of hydrogen-bond acceptors (Lipinski definition) is 5. The summed E-state index contributed by atoms with van der Waals surface area (Å²) in [5.41, 5.74) is -0.367. The van der Waals surface area contributed by atoms with E-state index in [2.05, 4.69) is 20.3 Å². The van der Waals surface area contributed by atoms with E-state index in [1.807, 2.05) is 0 Å². The van der Waals surface area contributed by atoms with Crippen LogP contribution in [0, 0.1) is 0 Å². The molecule has 96 valence electrons. The van der Waals surface area contributed by atoms with Crippen molar-refractivity contribution in [2.24, 2.45) is 0 Å². The van der Waals surface area contributed by atoms with E-state index in [-0.39, 0.29) is 18.3 Å². The molecule has 6 nitrogen and oxygen atoms in total. The fraction of sp³-hybridized carbons (Fsp3) is 0.400. The summed E-state index contributed by atoms with van der Waals surface area (Å²) >= 11 is 0. The minimum atomic E-state index is -3.01. The highest BCUT2D eigenvalue weighted by Gasteiger charge is 2.26. The van der Waals surface area contributed by atoms with Crippen LogP contribution >= 0.6 is 0 Å². The number of ether oxygens (including phenoxy) is 1. The van der Waals surface area contributed by atoms with Gasteiger partial charge in [0.05, 0.1) is 12.7 Å². The van der Waals surface area contributed by atoms with E-state index in [0.717, 1.165) is 13.0 Å². The second-order valence-electron chi connectivity index (χ2n) is 3.63. The summed E-state index contributed by atoms with van der Waals surface area (Å²) in [6.07, 6.45) is 4.44. The Balaban J connectivity index is 1.93. The Kier molecular flexibility index (Phi) is 3.45. The first kappa shape index (κ1) is 12.3. The first-order valence-corrected chi connectivity index (χ1v) is 5.24. The zero-order valence-electron chi connectivity index (χ0n) is 9.62. The van der Waals surface area contributed by atoms with Crippen molar-refractivity contribution in [3.63, 3.8) is 0 Å². The van der Waals surface area contributed by atoms with Gasteiger partial charge in [0.25, 0.3) is 5.92 Å². The molecule has 0 amide bonds. The first-order valence-electron chi connectivity index (χ1n) is 5.24. The average Bonchev–Trinajstić information content (AvgIpc) is 2.81. The van der Waals surface area contributed by atoms with E-state index in [0.29, 0.717) is 6.54 Å². The van der Waals surface area contributed by atoms with Gasteiger partial charge >= 0.3 is 6.01 Å². The fourth-order valence-electron chi connectivity index (χ4n) is 1.24. The highest BCUT2D eigenvalue weighted by Crippen LogP contribution is 2.25. The molecule has 0 atom stereocenters. The van der Waals surface area contributed by atoms with Gasteiger partial charge in [0.2, 0.25) is 0 Å². The molecule has 0 aliphatic rings. The van der Waals surface area contributed by atoms with Crippen LogP contribution in [0.2, 0.25) is 0 Å². The van der Waals surface area contributed by atoms with E-state index in [1.54, 1.807) is 10.9 Å². The molecule has 0 spiro atoms. The normalized spacial score (nSPS) is 11.5. The zero-order valence-corrected chi connectivity index (χ0v) is 9.62. The van der Waals surface area contributed by atoms with Crippen LogP contribution < -0.4 is 4.74 Å². The van der Waals surface area contributed by atoms with Crippen molar-refractivity contribution in [2.75, 3.05) is 6.61 Å². The molecule has 0 N–H and O–H groups in total. The fourth-order valence-corrected chi connectivity index (χ4v) is 1.24. The maximum atomic E-state index is 13.0.